The summed E-state index contributed by atoms with van der Waals surface area (Å²) in [4.78, 5) is 1.28. The Labute approximate surface area is 161 Å². The second kappa shape index (κ2) is 7.71. The van der Waals surface area contributed by atoms with Crippen LogP contribution in [0.5, 0.6) is 5.75 Å². The third-order valence-electron chi connectivity index (χ3n) is 5.42. The molecule has 0 amide bonds. The van der Waals surface area contributed by atoms with E-state index in [0.29, 0.717) is 13.2 Å². The summed E-state index contributed by atoms with van der Waals surface area (Å²) in [6.07, 6.45) is 2.34. The second-order valence-corrected chi connectivity index (χ2v) is 9.25. The monoisotopic (exact) mass is 374 g/mol. The first-order valence-corrected chi connectivity index (χ1v) is 10.2. The van der Waals surface area contributed by atoms with Crippen LogP contribution in [0.4, 0.5) is 0 Å². The largest absolute Gasteiger partial charge is 0.467 e. The summed E-state index contributed by atoms with van der Waals surface area (Å²) < 4.78 is 16.8. The summed E-state index contributed by atoms with van der Waals surface area (Å²) in [5.41, 5.74) is 4.22. The lowest BCUT2D eigenvalue weighted by atomic mass is 9.62. The Morgan fingerprint density at radius 2 is 1.81 bits per heavy atom. The third-order valence-corrected chi connectivity index (χ3v) is 6.34. The molecule has 0 radical (unpaired) electrons. The predicted octanol–water partition coefficient (Wildman–Crippen LogP) is 5.76. The lowest BCUT2D eigenvalue weighted by Gasteiger charge is -2.42. The average molecular weight is 375 g/mol. The normalized spacial score (nSPS) is 17.7. The maximum absolute atomic E-state index is 6.15. The SMILES string of the molecule is COCCOCOc1cc(-c2cccs2)cc2c1C(C)(C)CCC2(C)C. The van der Waals surface area contributed by atoms with E-state index in [9.17, 15) is 0 Å². The Morgan fingerprint density at radius 3 is 2.50 bits per heavy atom. The Kier molecular flexibility index (Phi) is 5.75. The van der Waals surface area contributed by atoms with Gasteiger partial charge in [0.2, 0.25) is 0 Å². The molecule has 4 heteroatoms. The first-order valence-electron chi connectivity index (χ1n) is 9.27. The Hall–Kier alpha value is -1.36. The van der Waals surface area contributed by atoms with Crippen molar-refractivity contribution in [2.45, 2.75) is 51.4 Å². The van der Waals surface area contributed by atoms with E-state index in [1.54, 1.807) is 18.4 Å². The molecule has 3 rings (SSSR count). The van der Waals surface area contributed by atoms with Gasteiger partial charge in [-0.05, 0) is 58.4 Å². The zero-order valence-corrected chi connectivity index (χ0v) is 17.4. The first-order chi connectivity index (χ1) is 12.3. The number of ether oxygens (including phenoxy) is 3. The Morgan fingerprint density at radius 1 is 1.04 bits per heavy atom. The summed E-state index contributed by atoms with van der Waals surface area (Å²) in [6.45, 7) is 10.7. The molecule has 1 heterocycles. The second-order valence-electron chi connectivity index (χ2n) is 8.31. The molecule has 0 spiro atoms. The van der Waals surface area contributed by atoms with Crippen molar-refractivity contribution < 1.29 is 14.2 Å². The van der Waals surface area contributed by atoms with Gasteiger partial charge in [0.25, 0.3) is 0 Å². The molecule has 0 unspecified atom stereocenters. The standard InChI is InChI=1S/C22H30O3S/c1-21(2)8-9-22(3,4)20-17(21)13-16(19-7-6-12-26-19)14-18(20)25-15-24-11-10-23-5/h6-7,12-14H,8-11,15H2,1-5H3. The zero-order valence-electron chi connectivity index (χ0n) is 16.6. The highest BCUT2D eigenvalue weighted by molar-refractivity contribution is 7.13. The fraction of sp³-hybridized carbons (Fsp3) is 0.545. The lowest BCUT2D eigenvalue weighted by molar-refractivity contribution is -0.00949. The number of hydrogen-bond acceptors (Lipinski definition) is 4. The maximum atomic E-state index is 6.15. The van der Waals surface area contributed by atoms with Gasteiger partial charge in [0.05, 0.1) is 13.2 Å². The summed E-state index contributed by atoms with van der Waals surface area (Å²) in [6, 6.07) is 8.84. The molecule has 0 fully saturated rings. The quantitative estimate of drug-likeness (QED) is 0.455. The summed E-state index contributed by atoms with van der Waals surface area (Å²) in [7, 11) is 1.68. The van der Waals surface area contributed by atoms with Crippen LogP contribution >= 0.6 is 11.3 Å². The topological polar surface area (TPSA) is 27.7 Å². The van der Waals surface area contributed by atoms with E-state index < -0.39 is 0 Å². The first kappa shape index (κ1) is 19.4. The molecular formula is C22H30O3S. The van der Waals surface area contributed by atoms with Gasteiger partial charge in [-0.2, -0.15) is 0 Å². The van der Waals surface area contributed by atoms with E-state index in [-0.39, 0.29) is 17.6 Å². The number of fused-ring (bicyclic) bond motifs is 1. The highest BCUT2D eigenvalue weighted by Crippen LogP contribution is 2.51. The van der Waals surface area contributed by atoms with Crippen LogP contribution in [0.1, 0.15) is 51.7 Å². The molecule has 0 saturated carbocycles. The van der Waals surface area contributed by atoms with Gasteiger partial charge in [0, 0.05) is 17.6 Å². The van der Waals surface area contributed by atoms with Crippen molar-refractivity contribution in [3.8, 4) is 16.2 Å². The highest BCUT2D eigenvalue weighted by Gasteiger charge is 2.39. The van der Waals surface area contributed by atoms with Crippen LogP contribution in [0.2, 0.25) is 0 Å². The van der Waals surface area contributed by atoms with Crippen LogP contribution in [-0.4, -0.2) is 27.1 Å². The molecule has 142 valence electrons. The van der Waals surface area contributed by atoms with Crippen molar-refractivity contribution in [2.24, 2.45) is 0 Å². The van der Waals surface area contributed by atoms with Crippen LogP contribution in [0.3, 0.4) is 0 Å². The number of benzene rings is 1. The van der Waals surface area contributed by atoms with Crippen molar-refractivity contribution >= 4 is 11.3 Å². The van der Waals surface area contributed by atoms with Gasteiger partial charge in [-0.1, -0.05) is 33.8 Å². The molecule has 1 aliphatic carbocycles. The van der Waals surface area contributed by atoms with Crippen molar-refractivity contribution in [1.82, 2.24) is 0 Å². The van der Waals surface area contributed by atoms with Crippen molar-refractivity contribution in [3.63, 3.8) is 0 Å². The maximum Gasteiger partial charge on any atom is 0.189 e. The van der Waals surface area contributed by atoms with Gasteiger partial charge in [-0.15, -0.1) is 11.3 Å². The molecule has 1 aromatic heterocycles. The molecule has 0 bridgehead atoms. The molecule has 1 aromatic carbocycles. The molecule has 1 aliphatic rings. The van der Waals surface area contributed by atoms with E-state index in [1.807, 2.05) is 0 Å². The predicted molar refractivity (Wildman–Crippen MR) is 108 cm³/mol. The summed E-state index contributed by atoms with van der Waals surface area (Å²) in [5.74, 6) is 0.959. The van der Waals surface area contributed by atoms with Crippen molar-refractivity contribution in [1.29, 1.82) is 0 Å². The van der Waals surface area contributed by atoms with Crippen LogP contribution in [0.15, 0.2) is 29.6 Å². The Bertz CT molecular complexity index is 732. The fourth-order valence-corrected chi connectivity index (χ4v) is 4.45. The zero-order chi connectivity index (χ0) is 18.8. The van der Waals surface area contributed by atoms with Crippen LogP contribution in [-0.2, 0) is 20.3 Å². The molecule has 26 heavy (non-hydrogen) atoms. The van der Waals surface area contributed by atoms with E-state index in [2.05, 4.69) is 57.3 Å². The highest BCUT2D eigenvalue weighted by atomic mass is 32.1. The van der Waals surface area contributed by atoms with Gasteiger partial charge in [-0.25, -0.2) is 0 Å². The summed E-state index contributed by atoms with van der Waals surface area (Å²) in [5, 5.41) is 2.12. The molecule has 0 aliphatic heterocycles. The van der Waals surface area contributed by atoms with Gasteiger partial charge in [0.15, 0.2) is 6.79 Å². The van der Waals surface area contributed by atoms with Crippen LogP contribution in [0, 0.1) is 0 Å². The third kappa shape index (κ3) is 3.98. The smallest absolute Gasteiger partial charge is 0.189 e. The lowest BCUT2D eigenvalue weighted by Crippen LogP contribution is -2.34. The van der Waals surface area contributed by atoms with Crippen LogP contribution in [0.25, 0.3) is 10.4 Å². The van der Waals surface area contributed by atoms with E-state index in [1.165, 1.54) is 28.0 Å². The molecule has 0 N–H and O–H groups in total. The van der Waals surface area contributed by atoms with Gasteiger partial charge in [-0.3, -0.25) is 0 Å². The van der Waals surface area contributed by atoms with Gasteiger partial charge < -0.3 is 14.2 Å². The molecule has 0 saturated heterocycles. The Balaban J connectivity index is 2.01. The minimum absolute atomic E-state index is 0.0979. The van der Waals surface area contributed by atoms with Gasteiger partial charge in [0.1, 0.15) is 5.75 Å². The summed E-state index contributed by atoms with van der Waals surface area (Å²) >= 11 is 1.77. The molecule has 3 nitrogen and oxygen atoms in total. The molecular weight excluding hydrogens is 344 g/mol. The minimum Gasteiger partial charge on any atom is -0.467 e. The van der Waals surface area contributed by atoms with E-state index >= 15 is 0 Å². The average Bonchev–Trinajstić information content (AvgIpc) is 3.13. The van der Waals surface area contributed by atoms with Crippen LogP contribution < -0.4 is 4.74 Å². The van der Waals surface area contributed by atoms with E-state index in [4.69, 9.17) is 14.2 Å². The number of methoxy groups -OCH3 is 1. The number of thiophene rings is 1. The van der Waals surface area contributed by atoms with E-state index in [0.717, 1.165) is 12.2 Å². The molecule has 0 atom stereocenters. The van der Waals surface area contributed by atoms with Crippen molar-refractivity contribution in [3.05, 3.63) is 40.8 Å². The van der Waals surface area contributed by atoms with Crippen molar-refractivity contribution in [2.75, 3.05) is 27.1 Å². The van der Waals surface area contributed by atoms with Gasteiger partial charge >= 0.3 is 0 Å². The number of rotatable bonds is 7. The molecule has 2 aromatic rings. The minimum atomic E-state index is 0.0979. The number of hydrogen-bond donors (Lipinski definition) is 0. The fourth-order valence-electron chi connectivity index (χ4n) is 3.74.